The Morgan fingerprint density at radius 3 is 2.38 bits per heavy atom. The highest BCUT2D eigenvalue weighted by Gasteiger charge is 2.11. The molecule has 1 N–H and O–H groups in total. The standard InChI is InChI=1S/C13H17FO2/c1-10(13(15)16)9-12-6-4-11(5-7-12)3-2-8-14/h4-7,10H,2-3,8-9H2,1H3,(H,15,16). The lowest BCUT2D eigenvalue weighted by molar-refractivity contribution is -0.141. The number of aliphatic carboxylic acids is 1. The van der Waals surface area contributed by atoms with E-state index in [1.54, 1.807) is 6.92 Å². The minimum absolute atomic E-state index is 0.294. The van der Waals surface area contributed by atoms with Crippen LogP contribution in [-0.2, 0) is 17.6 Å². The molecule has 0 aromatic heterocycles. The monoisotopic (exact) mass is 224 g/mol. The van der Waals surface area contributed by atoms with Gasteiger partial charge < -0.3 is 5.11 Å². The number of carbonyl (C=O) groups is 1. The number of carboxylic acid groups (broad SMARTS) is 1. The number of hydrogen-bond donors (Lipinski definition) is 1. The van der Waals surface area contributed by atoms with E-state index in [-0.39, 0.29) is 12.6 Å². The van der Waals surface area contributed by atoms with Crippen LogP contribution in [0, 0.1) is 5.92 Å². The van der Waals surface area contributed by atoms with E-state index in [4.69, 9.17) is 5.11 Å². The van der Waals surface area contributed by atoms with Crippen molar-refractivity contribution in [2.75, 3.05) is 6.67 Å². The van der Waals surface area contributed by atoms with Gasteiger partial charge in [0, 0.05) is 0 Å². The van der Waals surface area contributed by atoms with Crippen molar-refractivity contribution in [3.05, 3.63) is 35.4 Å². The molecule has 0 aliphatic rings. The van der Waals surface area contributed by atoms with E-state index in [0.29, 0.717) is 12.8 Å². The largest absolute Gasteiger partial charge is 0.481 e. The van der Waals surface area contributed by atoms with Crippen LogP contribution in [0.5, 0.6) is 0 Å². The molecule has 2 nitrogen and oxygen atoms in total. The summed E-state index contributed by atoms with van der Waals surface area (Å²) in [7, 11) is 0. The van der Waals surface area contributed by atoms with Crippen molar-refractivity contribution in [1.29, 1.82) is 0 Å². The summed E-state index contributed by atoms with van der Waals surface area (Å²) in [6.45, 7) is 1.40. The molecule has 0 spiro atoms. The molecule has 0 heterocycles. The third kappa shape index (κ3) is 4.01. The first-order valence-electron chi connectivity index (χ1n) is 5.50. The van der Waals surface area contributed by atoms with Gasteiger partial charge in [0.15, 0.2) is 0 Å². The Labute approximate surface area is 95.1 Å². The number of benzene rings is 1. The van der Waals surface area contributed by atoms with Gasteiger partial charge in [-0.2, -0.15) is 0 Å². The Morgan fingerprint density at radius 2 is 1.88 bits per heavy atom. The van der Waals surface area contributed by atoms with E-state index in [9.17, 15) is 9.18 Å². The first-order chi connectivity index (χ1) is 7.63. The van der Waals surface area contributed by atoms with E-state index in [1.807, 2.05) is 24.3 Å². The van der Waals surface area contributed by atoms with Gasteiger partial charge in [-0.1, -0.05) is 31.2 Å². The van der Waals surface area contributed by atoms with E-state index < -0.39 is 5.97 Å². The van der Waals surface area contributed by atoms with Crippen molar-refractivity contribution in [3.63, 3.8) is 0 Å². The Kier molecular flexibility index (Phi) is 4.96. The van der Waals surface area contributed by atoms with Crippen molar-refractivity contribution in [2.24, 2.45) is 5.92 Å². The predicted octanol–water partition coefficient (Wildman–Crippen LogP) is 2.85. The molecule has 0 radical (unpaired) electrons. The van der Waals surface area contributed by atoms with E-state index >= 15 is 0 Å². The summed E-state index contributed by atoms with van der Waals surface area (Å²) in [6, 6.07) is 7.74. The molecule has 1 aromatic rings. The van der Waals surface area contributed by atoms with Crippen molar-refractivity contribution in [3.8, 4) is 0 Å². The molecule has 88 valence electrons. The predicted molar refractivity (Wildman–Crippen MR) is 61.2 cm³/mol. The van der Waals surface area contributed by atoms with Crippen LogP contribution >= 0.6 is 0 Å². The number of carboxylic acids is 1. The molecular weight excluding hydrogens is 207 g/mol. The lowest BCUT2D eigenvalue weighted by Crippen LogP contribution is -2.12. The van der Waals surface area contributed by atoms with Gasteiger partial charge >= 0.3 is 5.97 Å². The quantitative estimate of drug-likeness (QED) is 0.806. The zero-order valence-corrected chi connectivity index (χ0v) is 9.45. The number of rotatable bonds is 6. The molecule has 0 bridgehead atoms. The molecule has 0 fully saturated rings. The molecule has 0 amide bonds. The first-order valence-corrected chi connectivity index (χ1v) is 5.50. The summed E-state index contributed by atoms with van der Waals surface area (Å²) in [6.07, 6.45) is 1.83. The van der Waals surface area contributed by atoms with Gasteiger partial charge in [-0.05, 0) is 30.4 Å². The van der Waals surface area contributed by atoms with Crippen molar-refractivity contribution < 1.29 is 14.3 Å². The van der Waals surface area contributed by atoms with Gasteiger partial charge in [0.1, 0.15) is 0 Å². The summed E-state index contributed by atoms with van der Waals surface area (Å²) in [5.74, 6) is -1.14. The second-order valence-electron chi connectivity index (χ2n) is 4.05. The third-order valence-electron chi connectivity index (χ3n) is 2.59. The Balaban J connectivity index is 2.54. The Bertz CT molecular complexity index is 332. The molecule has 16 heavy (non-hydrogen) atoms. The van der Waals surface area contributed by atoms with Gasteiger partial charge in [0.25, 0.3) is 0 Å². The van der Waals surface area contributed by atoms with Crippen molar-refractivity contribution >= 4 is 5.97 Å². The summed E-state index contributed by atoms with van der Waals surface area (Å²) in [5.41, 5.74) is 2.11. The molecule has 1 atom stereocenters. The summed E-state index contributed by atoms with van der Waals surface area (Å²) in [4.78, 5) is 10.7. The minimum Gasteiger partial charge on any atom is -0.481 e. The van der Waals surface area contributed by atoms with Crippen LogP contribution in [0.15, 0.2) is 24.3 Å². The lowest BCUT2D eigenvalue weighted by Gasteiger charge is -2.07. The van der Waals surface area contributed by atoms with Gasteiger partial charge in [0.05, 0.1) is 12.6 Å². The fourth-order valence-corrected chi connectivity index (χ4v) is 1.55. The third-order valence-corrected chi connectivity index (χ3v) is 2.59. The molecule has 3 heteroatoms. The molecule has 0 saturated carbocycles. The first kappa shape index (κ1) is 12.7. The molecule has 1 unspecified atom stereocenters. The SMILES string of the molecule is CC(Cc1ccc(CCCF)cc1)C(=O)O. The smallest absolute Gasteiger partial charge is 0.306 e. The highest BCUT2D eigenvalue weighted by Crippen LogP contribution is 2.11. The van der Waals surface area contributed by atoms with Crippen LogP contribution in [0.1, 0.15) is 24.5 Å². The van der Waals surface area contributed by atoms with Crippen LogP contribution in [0.4, 0.5) is 4.39 Å². The van der Waals surface area contributed by atoms with Gasteiger partial charge in [0.2, 0.25) is 0 Å². The number of aryl methyl sites for hydroxylation is 1. The lowest BCUT2D eigenvalue weighted by atomic mass is 9.99. The fraction of sp³-hybridized carbons (Fsp3) is 0.462. The average molecular weight is 224 g/mol. The number of alkyl halides is 1. The molecule has 0 aliphatic heterocycles. The topological polar surface area (TPSA) is 37.3 Å². The average Bonchev–Trinajstić information content (AvgIpc) is 2.28. The normalized spacial score (nSPS) is 12.4. The molecule has 0 aliphatic carbocycles. The van der Waals surface area contributed by atoms with Gasteiger partial charge in [-0.25, -0.2) is 0 Å². The maximum Gasteiger partial charge on any atom is 0.306 e. The molecular formula is C13H17FO2. The van der Waals surface area contributed by atoms with Crippen molar-refractivity contribution in [2.45, 2.75) is 26.2 Å². The van der Waals surface area contributed by atoms with Gasteiger partial charge in [-0.3, -0.25) is 9.18 Å². The minimum atomic E-state index is -0.776. The highest BCUT2D eigenvalue weighted by molar-refractivity contribution is 5.69. The Hall–Kier alpha value is -1.38. The summed E-state index contributed by atoms with van der Waals surface area (Å²) >= 11 is 0. The Morgan fingerprint density at radius 1 is 1.31 bits per heavy atom. The zero-order valence-electron chi connectivity index (χ0n) is 9.45. The maximum atomic E-state index is 12.0. The van der Waals surface area contributed by atoms with Crippen LogP contribution in [0.25, 0.3) is 0 Å². The van der Waals surface area contributed by atoms with Crippen molar-refractivity contribution in [1.82, 2.24) is 0 Å². The number of halogens is 1. The molecule has 0 saturated heterocycles. The summed E-state index contributed by atoms with van der Waals surface area (Å²) < 4.78 is 12.0. The molecule has 1 aromatic carbocycles. The highest BCUT2D eigenvalue weighted by atomic mass is 19.1. The zero-order chi connectivity index (χ0) is 12.0. The van der Waals surface area contributed by atoms with Crippen LogP contribution in [0.3, 0.4) is 0 Å². The van der Waals surface area contributed by atoms with Gasteiger partial charge in [-0.15, -0.1) is 0 Å². The van der Waals surface area contributed by atoms with Crippen LogP contribution in [0.2, 0.25) is 0 Å². The fourth-order valence-electron chi connectivity index (χ4n) is 1.55. The second-order valence-corrected chi connectivity index (χ2v) is 4.05. The number of hydrogen-bond acceptors (Lipinski definition) is 1. The molecule has 1 rings (SSSR count). The maximum absolute atomic E-state index is 12.0. The van der Waals surface area contributed by atoms with E-state index in [1.165, 1.54) is 0 Å². The van der Waals surface area contributed by atoms with E-state index in [2.05, 4.69) is 0 Å². The van der Waals surface area contributed by atoms with E-state index in [0.717, 1.165) is 17.5 Å². The second kappa shape index (κ2) is 6.26. The van der Waals surface area contributed by atoms with Crippen LogP contribution in [-0.4, -0.2) is 17.8 Å². The van der Waals surface area contributed by atoms with Crippen LogP contribution < -0.4 is 0 Å². The summed E-state index contributed by atoms with van der Waals surface area (Å²) in [5, 5.41) is 8.77.